The number of fused-ring (bicyclic) bond motifs is 1. The SMILES string of the molecule is Cc1ccc(F)cc1C(Br)c1ccc2c(c1)CCO2. The summed E-state index contributed by atoms with van der Waals surface area (Å²) in [5, 5.41) is 0. The van der Waals surface area contributed by atoms with Gasteiger partial charge in [-0.05, 0) is 47.4 Å². The number of alkyl halides is 1. The van der Waals surface area contributed by atoms with E-state index in [-0.39, 0.29) is 10.6 Å². The van der Waals surface area contributed by atoms with E-state index in [0.717, 1.165) is 35.5 Å². The Morgan fingerprint density at radius 1 is 1.21 bits per heavy atom. The van der Waals surface area contributed by atoms with E-state index in [1.165, 1.54) is 11.6 Å². The second-order valence-corrected chi connectivity index (χ2v) is 5.74. The molecule has 0 spiro atoms. The Morgan fingerprint density at radius 3 is 2.89 bits per heavy atom. The van der Waals surface area contributed by atoms with Crippen LogP contribution in [-0.2, 0) is 6.42 Å². The zero-order valence-corrected chi connectivity index (χ0v) is 12.2. The van der Waals surface area contributed by atoms with Gasteiger partial charge in [-0.3, -0.25) is 0 Å². The summed E-state index contributed by atoms with van der Waals surface area (Å²) in [6.07, 6.45) is 0.949. The predicted octanol–water partition coefficient (Wildman–Crippen LogP) is 4.55. The van der Waals surface area contributed by atoms with Gasteiger partial charge in [0.05, 0.1) is 11.4 Å². The minimum Gasteiger partial charge on any atom is -0.493 e. The fraction of sp³-hybridized carbons (Fsp3) is 0.250. The molecule has 0 radical (unpaired) electrons. The Labute approximate surface area is 120 Å². The molecule has 0 bridgehead atoms. The van der Waals surface area contributed by atoms with Crippen LogP contribution < -0.4 is 4.74 Å². The molecule has 1 aliphatic heterocycles. The number of ether oxygens (including phenoxy) is 1. The van der Waals surface area contributed by atoms with Gasteiger partial charge in [-0.25, -0.2) is 4.39 Å². The van der Waals surface area contributed by atoms with E-state index < -0.39 is 0 Å². The molecule has 0 saturated heterocycles. The largest absolute Gasteiger partial charge is 0.493 e. The van der Waals surface area contributed by atoms with Gasteiger partial charge in [-0.2, -0.15) is 0 Å². The maximum absolute atomic E-state index is 13.4. The molecule has 1 heterocycles. The molecule has 0 fully saturated rings. The first kappa shape index (κ1) is 12.7. The third kappa shape index (κ3) is 2.39. The molecule has 98 valence electrons. The van der Waals surface area contributed by atoms with Crippen molar-refractivity contribution >= 4 is 15.9 Å². The minimum atomic E-state index is -0.199. The zero-order chi connectivity index (χ0) is 13.4. The zero-order valence-electron chi connectivity index (χ0n) is 10.6. The summed E-state index contributed by atoms with van der Waals surface area (Å²) >= 11 is 3.68. The van der Waals surface area contributed by atoms with Gasteiger partial charge in [0.1, 0.15) is 11.6 Å². The molecule has 19 heavy (non-hydrogen) atoms. The van der Waals surface area contributed by atoms with Gasteiger partial charge in [0, 0.05) is 6.42 Å². The summed E-state index contributed by atoms with van der Waals surface area (Å²) in [6.45, 7) is 2.75. The van der Waals surface area contributed by atoms with Gasteiger partial charge >= 0.3 is 0 Å². The van der Waals surface area contributed by atoms with E-state index in [9.17, 15) is 4.39 Å². The maximum Gasteiger partial charge on any atom is 0.123 e. The Morgan fingerprint density at radius 2 is 2.05 bits per heavy atom. The van der Waals surface area contributed by atoms with Crippen molar-refractivity contribution in [1.29, 1.82) is 0 Å². The van der Waals surface area contributed by atoms with E-state index in [0.29, 0.717) is 0 Å². The standard InChI is InChI=1S/C16H14BrFO/c1-10-2-4-13(18)9-14(10)16(17)12-3-5-15-11(8-12)6-7-19-15/h2-5,8-9,16H,6-7H2,1H3. The van der Waals surface area contributed by atoms with Crippen LogP contribution in [0.2, 0.25) is 0 Å². The summed E-state index contributed by atoms with van der Waals surface area (Å²) in [4.78, 5) is 0.00843. The van der Waals surface area contributed by atoms with Gasteiger partial charge in [0.25, 0.3) is 0 Å². The van der Waals surface area contributed by atoms with E-state index in [4.69, 9.17) is 4.74 Å². The quantitative estimate of drug-likeness (QED) is 0.737. The Balaban J connectivity index is 1.99. The van der Waals surface area contributed by atoms with Crippen molar-refractivity contribution in [1.82, 2.24) is 0 Å². The molecule has 1 unspecified atom stereocenters. The van der Waals surface area contributed by atoms with E-state index >= 15 is 0 Å². The van der Waals surface area contributed by atoms with Crippen LogP contribution in [0.4, 0.5) is 4.39 Å². The minimum absolute atomic E-state index is 0.00843. The summed E-state index contributed by atoms with van der Waals surface area (Å²) < 4.78 is 18.9. The van der Waals surface area contributed by atoms with Crippen molar-refractivity contribution < 1.29 is 9.13 Å². The average Bonchev–Trinajstić information content (AvgIpc) is 2.88. The summed E-state index contributed by atoms with van der Waals surface area (Å²) in [6, 6.07) is 11.1. The molecule has 1 aliphatic rings. The molecule has 0 N–H and O–H groups in total. The molecule has 2 aromatic rings. The van der Waals surface area contributed by atoms with Gasteiger partial charge in [-0.15, -0.1) is 0 Å². The first-order valence-corrected chi connectivity index (χ1v) is 7.22. The molecular formula is C16H14BrFO. The molecule has 2 aromatic carbocycles. The van der Waals surface area contributed by atoms with Gasteiger partial charge < -0.3 is 4.74 Å². The second kappa shape index (κ2) is 4.97. The van der Waals surface area contributed by atoms with Crippen molar-refractivity contribution in [3.63, 3.8) is 0 Å². The molecule has 1 atom stereocenters. The molecular weight excluding hydrogens is 307 g/mol. The van der Waals surface area contributed by atoms with Gasteiger partial charge in [0.2, 0.25) is 0 Å². The average molecular weight is 321 g/mol. The summed E-state index contributed by atoms with van der Waals surface area (Å²) in [5.41, 5.74) is 4.42. The van der Waals surface area contributed by atoms with Crippen LogP contribution in [0.5, 0.6) is 5.75 Å². The van der Waals surface area contributed by atoms with Crippen LogP contribution in [0, 0.1) is 12.7 Å². The highest BCUT2D eigenvalue weighted by Crippen LogP contribution is 2.36. The lowest BCUT2D eigenvalue weighted by atomic mass is 9.98. The highest BCUT2D eigenvalue weighted by Gasteiger charge is 2.18. The second-order valence-electron chi connectivity index (χ2n) is 4.83. The summed E-state index contributed by atoms with van der Waals surface area (Å²) in [7, 11) is 0. The number of halogens is 2. The van der Waals surface area contributed by atoms with Crippen molar-refractivity contribution in [2.24, 2.45) is 0 Å². The Bertz CT molecular complexity index is 624. The first-order chi connectivity index (χ1) is 9.15. The lowest BCUT2D eigenvalue weighted by Crippen LogP contribution is -1.97. The van der Waals surface area contributed by atoms with Crippen molar-refractivity contribution in [3.05, 3.63) is 64.5 Å². The van der Waals surface area contributed by atoms with Crippen LogP contribution >= 0.6 is 15.9 Å². The van der Waals surface area contributed by atoms with Crippen LogP contribution in [0.3, 0.4) is 0 Å². The predicted molar refractivity (Wildman–Crippen MR) is 77.5 cm³/mol. The molecule has 0 saturated carbocycles. The highest BCUT2D eigenvalue weighted by molar-refractivity contribution is 9.09. The fourth-order valence-electron chi connectivity index (χ4n) is 2.43. The lowest BCUT2D eigenvalue weighted by molar-refractivity contribution is 0.357. The number of rotatable bonds is 2. The Hall–Kier alpha value is -1.35. The number of hydrogen-bond donors (Lipinski definition) is 0. The van der Waals surface area contributed by atoms with E-state index in [1.807, 2.05) is 25.1 Å². The van der Waals surface area contributed by atoms with Crippen LogP contribution in [-0.4, -0.2) is 6.61 Å². The van der Waals surface area contributed by atoms with E-state index in [1.54, 1.807) is 6.07 Å². The molecule has 0 amide bonds. The normalized spacial score (nSPS) is 14.9. The molecule has 3 rings (SSSR count). The molecule has 1 nitrogen and oxygen atoms in total. The fourth-order valence-corrected chi connectivity index (χ4v) is 3.21. The lowest BCUT2D eigenvalue weighted by Gasteiger charge is -2.14. The topological polar surface area (TPSA) is 9.23 Å². The van der Waals surface area contributed by atoms with Crippen molar-refractivity contribution in [3.8, 4) is 5.75 Å². The molecule has 3 heteroatoms. The molecule has 0 aliphatic carbocycles. The molecule has 0 aromatic heterocycles. The maximum atomic E-state index is 13.4. The van der Waals surface area contributed by atoms with Crippen LogP contribution in [0.1, 0.15) is 27.1 Å². The monoisotopic (exact) mass is 320 g/mol. The van der Waals surface area contributed by atoms with Crippen molar-refractivity contribution in [2.75, 3.05) is 6.61 Å². The van der Waals surface area contributed by atoms with Crippen molar-refractivity contribution in [2.45, 2.75) is 18.2 Å². The van der Waals surface area contributed by atoms with Crippen LogP contribution in [0.15, 0.2) is 36.4 Å². The smallest absolute Gasteiger partial charge is 0.123 e. The van der Waals surface area contributed by atoms with Crippen LogP contribution in [0.25, 0.3) is 0 Å². The third-order valence-electron chi connectivity index (χ3n) is 3.52. The summed E-state index contributed by atoms with van der Waals surface area (Å²) in [5.74, 6) is 0.772. The highest BCUT2D eigenvalue weighted by atomic mass is 79.9. The number of hydrogen-bond acceptors (Lipinski definition) is 1. The van der Waals surface area contributed by atoms with E-state index in [2.05, 4.69) is 22.0 Å². The first-order valence-electron chi connectivity index (χ1n) is 6.31. The Kier molecular flexibility index (Phi) is 3.31. The number of benzene rings is 2. The van der Waals surface area contributed by atoms with Gasteiger partial charge in [-0.1, -0.05) is 34.1 Å². The van der Waals surface area contributed by atoms with Gasteiger partial charge in [0.15, 0.2) is 0 Å². The number of aryl methyl sites for hydroxylation is 1. The third-order valence-corrected chi connectivity index (χ3v) is 4.54.